The van der Waals surface area contributed by atoms with E-state index in [-0.39, 0.29) is 18.7 Å². The summed E-state index contributed by atoms with van der Waals surface area (Å²) in [5.74, 6) is -0.144. The molecule has 2 N–H and O–H groups in total. The molecular weight excluding hydrogens is 306 g/mol. The highest BCUT2D eigenvalue weighted by Gasteiger charge is 2.36. The predicted octanol–water partition coefficient (Wildman–Crippen LogP) is 4.15. The summed E-state index contributed by atoms with van der Waals surface area (Å²) in [6.45, 7) is 4.45. The number of aryl methyl sites for hydroxylation is 1. The highest BCUT2D eigenvalue weighted by atomic mass is 16.5. The summed E-state index contributed by atoms with van der Waals surface area (Å²) in [4.78, 5) is 23.7. The fourth-order valence-electron chi connectivity index (χ4n) is 3.61. The highest BCUT2D eigenvalue weighted by Crippen LogP contribution is 2.42. The zero-order chi connectivity index (χ0) is 17.6. The summed E-state index contributed by atoms with van der Waals surface area (Å²) in [5.41, 5.74) is 1.29. The van der Waals surface area contributed by atoms with Crippen LogP contribution in [0.2, 0.25) is 0 Å². The van der Waals surface area contributed by atoms with Gasteiger partial charge in [0, 0.05) is 12.1 Å². The first-order valence-corrected chi connectivity index (χ1v) is 8.69. The summed E-state index contributed by atoms with van der Waals surface area (Å²) >= 11 is 0. The van der Waals surface area contributed by atoms with Crippen molar-refractivity contribution in [3.63, 3.8) is 0 Å². The molecular formula is C19H27NO4. The van der Waals surface area contributed by atoms with Gasteiger partial charge >= 0.3 is 5.97 Å². The Morgan fingerprint density at radius 3 is 2.50 bits per heavy atom. The number of carboxylic acid groups (broad SMARTS) is 1. The van der Waals surface area contributed by atoms with Crippen LogP contribution < -0.4 is 10.1 Å². The molecule has 0 spiro atoms. The third kappa shape index (κ3) is 4.98. The van der Waals surface area contributed by atoms with Gasteiger partial charge in [-0.05, 0) is 55.9 Å². The van der Waals surface area contributed by atoms with Gasteiger partial charge in [0.25, 0.3) is 0 Å². The van der Waals surface area contributed by atoms with Crippen molar-refractivity contribution in [2.24, 2.45) is 5.41 Å². The Morgan fingerprint density at radius 2 is 1.92 bits per heavy atom. The van der Waals surface area contributed by atoms with E-state index in [0.29, 0.717) is 6.61 Å². The van der Waals surface area contributed by atoms with Gasteiger partial charge in [-0.3, -0.25) is 9.59 Å². The molecule has 0 unspecified atom stereocenters. The van der Waals surface area contributed by atoms with E-state index in [9.17, 15) is 14.7 Å². The van der Waals surface area contributed by atoms with Crippen molar-refractivity contribution < 1.29 is 19.4 Å². The van der Waals surface area contributed by atoms with Gasteiger partial charge in [-0.1, -0.05) is 19.3 Å². The minimum atomic E-state index is -0.818. The van der Waals surface area contributed by atoms with Crippen LogP contribution in [0.3, 0.4) is 0 Å². The van der Waals surface area contributed by atoms with Crippen molar-refractivity contribution in [2.45, 2.75) is 58.8 Å². The van der Waals surface area contributed by atoms with Gasteiger partial charge < -0.3 is 15.2 Å². The van der Waals surface area contributed by atoms with Crippen LogP contribution in [0, 0.1) is 12.3 Å². The lowest BCUT2D eigenvalue weighted by Gasteiger charge is -2.35. The molecule has 1 amide bonds. The van der Waals surface area contributed by atoms with Gasteiger partial charge in [0.1, 0.15) is 5.75 Å². The Labute approximate surface area is 143 Å². The number of benzene rings is 1. The second-order valence-corrected chi connectivity index (χ2v) is 6.77. The van der Waals surface area contributed by atoms with Crippen molar-refractivity contribution in [1.82, 2.24) is 0 Å². The van der Waals surface area contributed by atoms with E-state index in [2.05, 4.69) is 5.32 Å². The van der Waals surface area contributed by atoms with Crippen LogP contribution in [-0.4, -0.2) is 23.6 Å². The van der Waals surface area contributed by atoms with Crippen LogP contribution in [0.1, 0.15) is 57.4 Å². The zero-order valence-corrected chi connectivity index (χ0v) is 14.6. The highest BCUT2D eigenvalue weighted by molar-refractivity contribution is 5.92. The molecule has 0 atom stereocenters. The monoisotopic (exact) mass is 333 g/mol. The average molecular weight is 333 g/mol. The lowest BCUT2D eigenvalue weighted by atomic mass is 9.69. The Morgan fingerprint density at radius 1 is 1.21 bits per heavy atom. The maximum Gasteiger partial charge on any atom is 0.303 e. The number of hydrogen-bond donors (Lipinski definition) is 2. The number of aliphatic carboxylic acids is 1. The minimum Gasteiger partial charge on any atom is -0.494 e. The Bertz CT molecular complexity index is 591. The number of anilines is 1. The molecule has 1 aromatic rings. The normalized spacial score (nSPS) is 16.4. The molecule has 1 aliphatic carbocycles. The third-order valence-corrected chi connectivity index (χ3v) is 4.76. The van der Waals surface area contributed by atoms with Crippen LogP contribution in [-0.2, 0) is 9.59 Å². The molecule has 0 aromatic heterocycles. The molecule has 132 valence electrons. The zero-order valence-electron chi connectivity index (χ0n) is 14.6. The minimum absolute atomic E-state index is 0.0721. The molecule has 0 aliphatic heterocycles. The number of nitrogens with one attached hydrogen (secondary N) is 1. The molecule has 2 rings (SSSR count). The van der Waals surface area contributed by atoms with E-state index < -0.39 is 11.4 Å². The number of hydrogen-bond acceptors (Lipinski definition) is 3. The lowest BCUT2D eigenvalue weighted by Crippen LogP contribution is -2.32. The van der Waals surface area contributed by atoms with E-state index in [4.69, 9.17) is 4.74 Å². The molecule has 5 heteroatoms. The SMILES string of the molecule is CCOc1ccc(NC(=O)CC2(CC(=O)O)CCCCC2)c(C)c1. The fourth-order valence-corrected chi connectivity index (χ4v) is 3.61. The van der Waals surface area contributed by atoms with E-state index in [1.54, 1.807) is 0 Å². The molecule has 0 bridgehead atoms. The number of carbonyl (C=O) groups excluding carboxylic acids is 1. The second-order valence-electron chi connectivity index (χ2n) is 6.77. The molecule has 1 aliphatic rings. The van der Waals surface area contributed by atoms with Gasteiger partial charge in [0.05, 0.1) is 13.0 Å². The molecule has 24 heavy (non-hydrogen) atoms. The second kappa shape index (κ2) is 8.18. The van der Waals surface area contributed by atoms with Crippen LogP contribution in [0.5, 0.6) is 5.75 Å². The largest absolute Gasteiger partial charge is 0.494 e. The summed E-state index contributed by atoms with van der Waals surface area (Å²) in [5, 5.41) is 12.2. The smallest absolute Gasteiger partial charge is 0.303 e. The fraction of sp³-hybridized carbons (Fsp3) is 0.579. The number of ether oxygens (including phenoxy) is 1. The van der Waals surface area contributed by atoms with E-state index in [0.717, 1.165) is 49.1 Å². The number of carboxylic acids is 1. The summed E-state index contributed by atoms with van der Waals surface area (Å²) in [6.07, 6.45) is 5.10. The van der Waals surface area contributed by atoms with Crippen molar-refractivity contribution in [1.29, 1.82) is 0 Å². The average Bonchev–Trinajstić information content (AvgIpc) is 2.50. The van der Waals surface area contributed by atoms with Crippen molar-refractivity contribution >= 4 is 17.6 Å². The van der Waals surface area contributed by atoms with Crippen LogP contribution in [0.15, 0.2) is 18.2 Å². The van der Waals surface area contributed by atoms with E-state index in [1.165, 1.54) is 0 Å². The number of rotatable bonds is 7. The first-order valence-electron chi connectivity index (χ1n) is 8.69. The lowest BCUT2D eigenvalue weighted by molar-refractivity contribution is -0.140. The Balaban J connectivity index is 2.04. The summed E-state index contributed by atoms with van der Waals surface area (Å²) < 4.78 is 5.45. The third-order valence-electron chi connectivity index (χ3n) is 4.76. The quantitative estimate of drug-likeness (QED) is 0.786. The van der Waals surface area contributed by atoms with E-state index >= 15 is 0 Å². The van der Waals surface area contributed by atoms with Crippen LogP contribution in [0.25, 0.3) is 0 Å². The maximum absolute atomic E-state index is 12.5. The van der Waals surface area contributed by atoms with Crippen LogP contribution in [0.4, 0.5) is 5.69 Å². The molecule has 0 radical (unpaired) electrons. The van der Waals surface area contributed by atoms with Crippen molar-refractivity contribution in [2.75, 3.05) is 11.9 Å². The predicted molar refractivity (Wildman–Crippen MR) is 93.4 cm³/mol. The summed E-state index contributed by atoms with van der Waals surface area (Å²) in [7, 11) is 0. The standard InChI is InChI=1S/C19H27NO4/c1-3-24-15-7-8-16(14(2)11-15)20-17(21)12-19(13-18(22)23)9-5-4-6-10-19/h7-8,11H,3-6,9-10,12-13H2,1-2H3,(H,20,21)(H,22,23). The van der Waals surface area contributed by atoms with Gasteiger partial charge in [-0.25, -0.2) is 0 Å². The van der Waals surface area contributed by atoms with Gasteiger partial charge in [-0.2, -0.15) is 0 Å². The number of carbonyl (C=O) groups is 2. The first kappa shape index (κ1) is 18.3. The van der Waals surface area contributed by atoms with E-state index in [1.807, 2.05) is 32.0 Å². The summed E-state index contributed by atoms with van der Waals surface area (Å²) in [6, 6.07) is 5.56. The molecule has 0 saturated heterocycles. The first-order chi connectivity index (χ1) is 11.4. The van der Waals surface area contributed by atoms with Gasteiger partial charge in [0.15, 0.2) is 0 Å². The van der Waals surface area contributed by atoms with Crippen molar-refractivity contribution in [3.05, 3.63) is 23.8 Å². The Kier molecular flexibility index (Phi) is 6.23. The molecule has 5 nitrogen and oxygen atoms in total. The van der Waals surface area contributed by atoms with Gasteiger partial charge in [0.2, 0.25) is 5.91 Å². The molecule has 0 heterocycles. The number of amides is 1. The van der Waals surface area contributed by atoms with Crippen molar-refractivity contribution in [3.8, 4) is 5.75 Å². The molecule has 1 saturated carbocycles. The van der Waals surface area contributed by atoms with Gasteiger partial charge in [-0.15, -0.1) is 0 Å². The molecule has 1 aromatic carbocycles. The maximum atomic E-state index is 12.5. The molecule has 1 fully saturated rings. The topological polar surface area (TPSA) is 75.6 Å². The van der Waals surface area contributed by atoms with Crippen LogP contribution >= 0.6 is 0 Å². The Hall–Kier alpha value is -2.04.